The zero-order valence-electron chi connectivity index (χ0n) is 11.1. The SMILES string of the molecule is COC(=O)c1ccc(CN2CCCC(C#N)C2)cc1. The summed E-state index contributed by atoms with van der Waals surface area (Å²) < 4.78 is 4.67. The number of piperidine rings is 1. The van der Waals surface area contributed by atoms with E-state index in [2.05, 4.69) is 15.7 Å². The van der Waals surface area contributed by atoms with E-state index in [1.54, 1.807) is 12.1 Å². The lowest BCUT2D eigenvalue weighted by Crippen LogP contribution is -2.34. The zero-order chi connectivity index (χ0) is 13.7. The Kier molecular flexibility index (Phi) is 4.53. The molecule has 1 fully saturated rings. The smallest absolute Gasteiger partial charge is 0.337 e. The second-order valence-corrected chi connectivity index (χ2v) is 4.89. The van der Waals surface area contributed by atoms with Gasteiger partial charge < -0.3 is 4.74 Å². The van der Waals surface area contributed by atoms with Gasteiger partial charge >= 0.3 is 5.97 Å². The molecule has 0 N–H and O–H groups in total. The van der Waals surface area contributed by atoms with Crippen molar-refractivity contribution in [2.45, 2.75) is 19.4 Å². The second kappa shape index (κ2) is 6.35. The number of nitriles is 1. The molecule has 0 aliphatic carbocycles. The summed E-state index contributed by atoms with van der Waals surface area (Å²) in [5.74, 6) is -0.155. The van der Waals surface area contributed by atoms with Crippen LogP contribution in [-0.4, -0.2) is 31.1 Å². The third-order valence-electron chi connectivity index (χ3n) is 3.47. The highest BCUT2D eigenvalue weighted by atomic mass is 16.5. The molecule has 4 heteroatoms. The number of hydrogen-bond donors (Lipinski definition) is 0. The number of carbonyl (C=O) groups is 1. The zero-order valence-corrected chi connectivity index (χ0v) is 11.1. The standard InChI is InChI=1S/C15H18N2O2/c1-19-15(18)14-6-4-12(5-7-14)10-17-8-2-3-13(9-16)11-17/h4-7,13H,2-3,8,10-11H2,1H3. The van der Waals surface area contributed by atoms with E-state index >= 15 is 0 Å². The number of likely N-dealkylation sites (tertiary alicyclic amines) is 1. The van der Waals surface area contributed by atoms with Crippen LogP contribution in [-0.2, 0) is 11.3 Å². The van der Waals surface area contributed by atoms with Gasteiger partial charge in [0.05, 0.1) is 24.7 Å². The van der Waals surface area contributed by atoms with Crippen molar-refractivity contribution in [3.8, 4) is 6.07 Å². The van der Waals surface area contributed by atoms with Gasteiger partial charge in [-0.2, -0.15) is 5.26 Å². The fraction of sp³-hybridized carbons (Fsp3) is 0.467. The van der Waals surface area contributed by atoms with Crippen LogP contribution in [0.5, 0.6) is 0 Å². The number of benzene rings is 1. The summed E-state index contributed by atoms with van der Waals surface area (Å²) in [5.41, 5.74) is 1.73. The summed E-state index contributed by atoms with van der Waals surface area (Å²) in [6.07, 6.45) is 2.09. The van der Waals surface area contributed by atoms with Crippen LogP contribution in [0, 0.1) is 17.2 Å². The number of rotatable bonds is 3. The minimum absolute atomic E-state index is 0.156. The average Bonchev–Trinajstić information content (AvgIpc) is 2.47. The molecule has 0 amide bonds. The van der Waals surface area contributed by atoms with Gasteiger partial charge in [-0.25, -0.2) is 4.79 Å². The highest BCUT2D eigenvalue weighted by Gasteiger charge is 2.19. The minimum Gasteiger partial charge on any atom is -0.465 e. The van der Waals surface area contributed by atoms with Crippen molar-refractivity contribution >= 4 is 5.97 Å². The van der Waals surface area contributed by atoms with Gasteiger partial charge in [-0.05, 0) is 37.1 Å². The fourth-order valence-electron chi connectivity index (χ4n) is 2.43. The lowest BCUT2D eigenvalue weighted by Gasteiger charge is -2.29. The van der Waals surface area contributed by atoms with Gasteiger partial charge in [-0.3, -0.25) is 4.90 Å². The van der Waals surface area contributed by atoms with Crippen molar-refractivity contribution in [1.82, 2.24) is 4.90 Å². The van der Waals surface area contributed by atoms with E-state index in [9.17, 15) is 4.79 Å². The van der Waals surface area contributed by atoms with Gasteiger partial charge in [-0.1, -0.05) is 12.1 Å². The maximum atomic E-state index is 11.3. The van der Waals surface area contributed by atoms with E-state index < -0.39 is 0 Å². The molecule has 19 heavy (non-hydrogen) atoms. The first-order valence-electron chi connectivity index (χ1n) is 6.52. The summed E-state index contributed by atoms with van der Waals surface area (Å²) in [4.78, 5) is 13.6. The summed E-state index contributed by atoms with van der Waals surface area (Å²) in [6, 6.07) is 9.81. The van der Waals surface area contributed by atoms with Gasteiger partial charge in [0.15, 0.2) is 0 Å². The Bertz CT molecular complexity index is 476. The Labute approximate surface area is 113 Å². The predicted octanol–water partition coefficient (Wildman–Crippen LogP) is 2.21. The van der Waals surface area contributed by atoms with E-state index in [1.165, 1.54) is 7.11 Å². The number of methoxy groups -OCH3 is 1. The molecule has 1 aliphatic rings. The van der Waals surface area contributed by atoms with Crippen LogP contribution in [0.2, 0.25) is 0 Å². The van der Waals surface area contributed by atoms with Crippen LogP contribution in [0.1, 0.15) is 28.8 Å². The molecular formula is C15H18N2O2. The molecule has 100 valence electrons. The lowest BCUT2D eigenvalue weighted by atomic mass is 9.99. The number of carbonyl (C=O) groups excluding carboxylic acids is 1. The van der Waals surface area contributed by atoms with E-state index in [0.29, 0.717) is 5.56 Å². The minimum atomic E-state index is -0.311. The summed E-state index contributed by atoms with van der Waals surface area (Å²) >= 11 is 0. The van der Waals surface area contributed by atoms with Crippen molar-refractivity contribution < 1.29 is 9.53 Å². The number of nitrogens with zero attached hydrogens (tertiary/aromatic N) is 2. The first-order valence-corrected chi connectivity index (χ1v) is 6.52. The molecule has 0 bridgehead atoms. The van der Waals surface area contributed by atoms with Crippen LogP contribution in [0.25, 0.3) is 0 Å². The third kappa shape index (κ3) is 3.55. The largest absolute Gasteiger partial charge is 0.465 e. The third-order valence-corrected chi connectivity index (χ3v) is 3.47. The summed E-state index contributed by atoms with van der Waals surface area (Å²) in [5, 5.41) is 8.97. The molecule has 0 saturated carbocycles. The predicted molar refractivity (Wildman–Crippen MR) is 71.4 cm³/mol. The second-order valence-electron chi connectivity index (χ2n) is 4.89. The Morgan fingerprint density at radius 2 is 2.21 bits per heavy atom. The molecule has 4 nitrogen and oxygen atoms in total. The van der Waals surface area contributed by atoms with E-state index in [-0.39, 0.29) is 11.9 Å². The molecule has 1 aromatic rings. The molecule has 1 aliphatic heterocycles. The van der Waals surface area contributed by atoms with Crippen LogP contribution in [0.4, 0.5) is 0 Å². The molecule has 2 rings (SSSR count). The van der Waals surface area contributed by atoms with E-state index in [0.717, 1.165) is 38.0 Å². The summed E-state index contributed by atoms with van der Waals surface area (Å²) in [6.45, 7) is 2.71. The molecule has 1 aromatic carbocycles. The van der Waals surface area contributed by atoms with Crippen molar-refractivity contribution in [3.05, 3.63) is 35.4 Å². The Hall–Kier alpha value is -1.86. The first-order chi connectivity index (χ1) is 9.22. The highest BCUT2D eigenvalue weighted by molar-refractivity contribution is 5.89. The fourth-order valence-corrected chi connectivity index (χ4v) is 2.43. The first kappa shape index (κ1) is 13.6. The Morgan fingerprint density at radius 1 is 1.47 bits per heavy atom. The molecule has 1 atom stereocenters. The molecule has 1 unspecified atom stereocenters. The maximum absolute atomic E-state index is 11.3. The molecule has 1 heterocycles. The maximum Gasteiger partial charge on any atom is 0.337 e. The van der Waals surface area contributed by atoms with Gasteiger partial charge in [0, 0.05) is 13.1 Å². The highest BCUT2D eigenvalue weighted by Crippen LogP contribution is 2.18. The van der Waals surface area contributed by atoms with Gasteiger partial charge in [0.2, 0.25) is 0 Å². The average molecular weight is 258 g/mol. The van der Waals surface area contributed by atoms with Crippen LogP contribution in [0.15, 0.2) is 24.3 Å². The topological polar surface area (TPSA) is 53.3 Å². The van der Waals surface area contributed by atoms with Crippen molar-refractivity contribution in [3.63, 3.8) is 0 Å². The van der Waals surface area contributed by atoms with Crippen molar-refractivity contribution in [2.24, 2.45) is 5.92 Å². The van der Waals surface area contributed by atoms with Crippen LogP contribution < -0.4 is 0 Å². The molecule has 1 saturated heterocycles. The van der Waals surface area contributed by atoms with Crippen LogP contribution in [0.3, 0.4) is 0 Å². The number of esters is 1. The molecule has 0 radical (unpaired) electrons. The van der Waals surface area contributed by atoms with E-state index in [1.807, 2.05) is 12.1 Å². The number of hydrogen-bond acceptors (Lipinski definition) is 4. The summed E-state index contributed by atoms with van der Waals surface area (Å²) in [7, 11) is 1.38. The van der Waals surface area contributed by atoms with Gasteiger partial charge in [0.1, 0.15) is 0 Å². The van der Waals surface area contributed by atoms with Crippen molar-refractivity contribution in [1.29, 1.82) is 5.26 Å². The Morgan fingerprint density at radius 3 is 2.84 bits per heavy atom. The molecular weight excluding hydrogens is 240 g/mol. The van der Waals surface area contributed by atoms with Crippen molar-refractivity contribution in [2.75, 3.05) is 20.2 Å². The Balaban J connectivity index is 1.96. The number of ether oxygens (including phenoxy) is 1. The normalized spacial score (nSPS) is 19.7. The molecule has 0 aromatic heterocycles. The molecule has 0 spiro atoms. The van der Waals surface area contributed by atoms with Crippen LogP contribution >= 0.6 is 0 Å². The monoisotopic (exact) mass is 258 g/mol. The lowest BCUT2D eigenvalue weighted by molar-refractivity contribution is 0.0600. The van der Waals surface area contributed by atoms with Gasteiger partial charge in [0.25, 0.3) is 0 Å². The van der Waals surface area contributed by atoms with Gasteiger partial charge in [-0.15, -0.1) is 0 Å². The quantitative estimate of drug-likeness (QED) is 0.780. The van der Waals surface area contributed by atoms with E-state index in [4.69, 9.17) is 5.26 Å².